The van der Waals surface area contributed by atoms with Gasteiger partial charge in [-0.15, -0.1) is 6.58 Å². The third kappa shape index (κ3) is 4.12. The SMILES string of the molecule is C=CCS(=O)(=O)C[C@@H](C)C(=O)O. The molecule has 0 rings (SSSR count). The Labute approximate surface area is 71.8 Å². The van der Waals surface area contributed by atoms with Crippen LogP contribution < -0.4 is 0 Å². The summed E-state index contributed by atoms with van der Waals surface area (Å²) in [5, 5.41) is 8.42. The summed E-state index contributed by atoms with van der Waals surface area (Å²) in [7, 11) is -3.27. The molecule has 0 fully saturated rings. The van der Waals surface area contributed by atoms with Gasteiger partial charge in [-0.2, -0.15) is 0 Å². The highest BCUT2D eigenvalue weighted by Crippen LogP contribution is 2.02. The second-order valence-corrected chi connectivity index (χ2v) is 4.76. The van der Waals surface area contributed by atoms with Crippen molar-refractivity contribution in [1.29, 1.82) is 0 Å². The van der Waals surface area contributed by atoms with Crippen LogP contribution in [0.5, 0.6) is 0 Å². The van der Waals surface area contributed by atoms with E-state index >= 15 is 0 Å². The fourth-order valence-electron chi connectivity index (χ4n) is 0.700. The van der Waals surface area contributed by atoms with Crippen molar-refractivity contribution in [2.24, 2.45) is 5.92 Å². The Morgan fingerprint density at radius 1 is 1.67 bits per heavy atom. The molecule has 12 heavy (non-hydrogen) atoms. The molecule has 0 unspecified atom stereocenters. The zero-order valence-electron chi connectivity index (χ0n) is 6.86. The van der Waals surface area contributed by atoms with Gasteiger partial charge < -0.3 is 5.11 Å². The molecule has 0 saturated carbocycles. The minimum atomic E-state index is -3.27. The van der Waals surface area contributed by atoms with Gasteiger partial charge in [0.05, 0.1) is 17.4 Å². The maximum Gasteiger partial charge on any atom is 0.307 e. The lowest BCUT2D eigenvalue weighted by Crippen LogP contribution is -2.22. The largest absolute Gasteiger partial charge is 0.481 e. The van der Waals surface area contributed by atoms with Crippen molar-refractivity contribution < 1.29 is 18.3 Å². The Morgan fingerprint density at radius 3 is 2.50 bits per heavy atom. The van der Waals surface area contributed by atoms with Gasteiger partial charge >= 0.3 is 5.97 Å². The Bertz CT molecular complexity index is 265. The fraction of sp³-hybridized carbons (Fsp3) is 0.571. The first-order chi connectivity index (χ1) is 5.39. The molecule has 0 aliphatic heterocycles. The molecule has 0 saturated heterocycles. The minimum Gasteiger partial charge on any atom is -0.481 e. The van der Waals surface area contributed by atoms with Crippen molar-refractivity contribution in [3.8, 4) is 0 Å². The molecule has 0 aliphatic carbocycles. The maximum atomic E-state index is 11.0. The second-order valence-electron chi connectivity index (χ2n) is 2.60. The first kappa shape index (κ1) is 11.2. The summed E-state index contributed by atoms with van der Waals surface area (Å²) in [4.78, 5) is 10.3. The molecule has 4 nitrogen and oxygen atoms in total. The molecule has 0 aromatic rings. The first-order valence-electron chi connectivity index (χ1n) is 3.43. The highest BCUT2D eigenvalue weighted by molar-refractivity contribution is 7.91. The van der Waals surface area contributed by atoms with E-state index in [1.54, 1.807) is 0 Å². The average Bonchev–Trinajstić information content (AvgIpc) is 1.85. The van der Waals surface area contributed by atoms with Crippen LogP contribution in [0.4, 0.5) is 0 Å². The predicted molar refractivity (Wildman–Crippen MR) is 45.7 cm³/mol. The van der Waals surface area contributed by atoms with Crippen LogP contribution in [0.15, 0.2) is 12.7 Å². The summed E-state index contributed by atoms with van der Waals surface area (Å²) in [6.07, 6.45) is 1.25. The number of hydrogen-bond acceptors (Lipinski definition) is 3. The van der Waals surface area contributed by atoms with Crippen LogP contribution in [0, 0.1) is 5.92 Å². The number of carbonyl (C=O) groups is 1. The van der Waals surface area contributed by atoms with Crippen LogP contribution in [0.3, 0.4) is 0 Å². The highest BCUT2D eigenvalue weighted by atomic mass is 32.2. The van der Waals surface area contributed by atoms with E-state index < -0.39 is 21.7 Å². The van der Waals surface area contributed by atoms with Crippen LogP contribution >= 0.6 is 0 Å². The lowest BCUT2D eigenvalue weighted by atomic mass is 10.2. The maximum absolute atomic E-state index is 11.0. The molecule has 0 aliphatic rings. The summed E-state index contributed by atoms with van der Waals surface area (Å²) in [6.45, 7) is 4.64. The Kier molecular flexibility index (Phi) is 3.95. The molecule has 0 spiro atoms. The van der Waals surface area contributed by atoms with Gasteiger partial charge in [-0.05, 0) is 0 Å². The van der Waals surface area contributed by atoms with E-state index in [-0.39, 0.29) is 11.5 Å². The molecule has 0 aromatic heterocycles. The van der Waals surface area contributed by atoms with Crippen molar-refractivity contribution in [2.45, 2.75) is 6.92 Å². The molecule has 0 aromatic carbocycles. The van der Waals surface area contributed by atoms with Gasteiger partial charge in [-0.3, -0.25) is 4.79 Å². The monoisotopic (exact) mass is 192 g/mol. The van der Waals surface area contributed by atoms with E-state index in [2.05, 4.69) is 6.58 Å². The summed E-state index contributed by atoms with van der Waals surface area (Å²) >= 11 is 0. The second kappa shape index (κ2) is 4.25. The van der Waals surface area contributed by atoms with Gasteiger partial charge in [0.25, 0.3) is 0 Å². The molecule has 1 N–H and O–H groups in total. The zero-order valence-corrected chi connectivity index (χ0v) is 7.67. The summed E-state index contributed by atoms with van der Waals surface area (Å²) in [5.74, 6) is -2.43. The summed E-state index contributed by atoms with van der Waals surface area (Å²) < 4.78 is 22.0. The topological polar surface area (TPSA) is 71.4 Å². The Balaban J connectivity index is 4.25. The van der Waals surface area contributed by atoms with Crippen molar-refractivity contribution in [2.75, 3.05) is 11.5 Å². The summed E-state index contributed by atoms with van der Waals surface area (Å²) in [6, 6.07) is 0. The van der Waals surface area contributed by atoms with E-state index in [4.69, 9.17) is 5.11 Å². The van der Waals surface area contributed by atoms with E-state index in [9.17, 15) is 13.2 Å². The van der Waals surface area contributed by atoms with Gasteiger partial charge in [0.15, 0.2) is 9.84 Å². The Hall–Kier alpha value is -0.840. The van der Waals surface area contributed by atoms with Gasteiger partial charge in [0, 0.05) is 0 Å². The van der Waals surface area contributed by atoms with E-state index in [0.29, 0.717) is 0 Å². The standard InChI is InChI=1S/C7H12O4S/c1-3-4-12(10,11)5-6(2)7(8)9/h3,6H,1,4-5H2,2H3,(H,8,9)/t6-/m1/s1. The molecule has 0 bridgehead atoms. The van der Waals surface area contributed by atoms with E-state index in [1.807, 2.05) is 0 Å². The molecular weight excluding hydrogens is 180 g/mol. The van der Waals surface area contributed by atoms with Crippen LogP contribution in [0.2, 0.25) is 0 Å². The molecular formula is C7H12O4S. The molecule has 1 atom stereocenters. The van der Waals surface area contributed by atoms with E-state index in [0.717, 1.165) is 0 Å². The predicted octanol–water partition coefficient (Wildman–Crippen LogP) is 0.308. The molecule has 70 valence electrons. The Morgan fingerprint density at radius 2 is 2.17 bits per heavy atom. The fourth-order valence-corrected chi connectivity index (χ4v) is 2.10. The number of aliphatic carboxylic acids is 1. The van der Waals surface area contributed by atoms with Gasteiger partial charge in [-0.25, -0.2) is 8.42 Å². The normalized spacial score (nSPS) is 13.8. The molecule has 0 amide bonds. The van der Waals surface area contributed by atoms with Crippen LogP contribution in [-0.2, 0) is 14.6 Å². The quantitative estimate of drug-likeness (QED) is 0.636. The summed E-state index contributed by atoms with van der Waals surface area (Å²) in [5.41, 5.74) is 0. The molecule has 0 heterocycles. The number of hydrogen-bond donors (Lipinski definition) is 1. The van der Waals surface area contributed by atoms with Crippen LogP contribution in [-0.4, -0.2) is 31.0 Å². The number of carboxylic acids is 1. The first-order valence-corrected chi connectivity index (χ1v) is 5.25. The van der Waals surface area contributed by atoms with Gasteiger partial charge in [0.1, 0.15) is 0 Å². The van der Waals surface area contributed by atoms with Crippen molar-refractivity contribution in [3.63, 3.8) is 0 Å². The number of rotatable bonds is 5. The average molecular weight is 192 g/mol. The molecule has 5 heteroatoms. The number of carboxylic acid groups (broad SMARTS) is 1. The third-order valence-corrected chi connectivity index (χ3v) is 3.05. The van der Waals surface area contributed by atoms with Gasteiger partial charge in [0.2, 0.25) is 0 Å². The highest BCUT2D eigenvalue weighted by Gasteiger charge is 2.19. The number of sulfone groups is 1. The molecule has 0 radical (unpaired) electrons. The van der Waals surface area contributed by atoms with Crippen LogP contribution in [0.25, 0.3) is 0 Å². The van der Waals surface area contributed by atoms with Crippen molar-refractivity contribution >= 4 is 15.8 Å². The zero-order chi connectivity index (χ0) is 9.78. The third-order valence-electron chi connectivity index (χ3n) is 1.30. The smallest absolute Gasteiger partial charge is 0.307 e. The van der Waals surface area contributed by atoms with Crippen molar-refractivity contribution in [1.82, 2.24) is 0 Å². The van der Waals surface area contributed by atoms with Gasteiger partial charge in [-0.1, -0.05) is 13.0 Å². The lowest BCUT2D eigenvalue weighted by molar-refractivity contribution is -0.140. The van der Waals surface area contributed by atoms with Crippen LogP contribution in [0.1, 0.15) is 6.92 Å². The minimum absolute atomic E-state index is 0.162. The lowest BCUT2D eigenvalue weighted by Gasteiger charge is -2.04. The van der Waals surface area contributed by atoms with E-state index in [1.165, 1.54) is 13.0 Å². The van der Waals surface area contributed by atoms with Crippen molar-refractivity contribution in [3.05, 3.63) is 12.7 Å².